The molecule has 4 nitrogen and oxygen atoms in total. The summed E-state index contributed by atoms with van der Waals surface area (Å²) in [5.41, 5.74) is 3.24. The smallest absolute Gasteiger partial charge is 0.264 e. The Morgan fingerprint density at radius 2 is 1.69 bits per heavy atom. The van der Waals surface area contributed by atoms with Gasteiger partial charge in [-0.3, -0.25) is 4.72 Å². The summed E-state index contributed by atoms with van der Waals surface area (Å²) in [6.07, 6.45) is 0. The van der Waals surface area contributed by atoms with Crippen LogP contribution in [0.3, 0.4) is 0 Å². The summed E-state index contributed by atoms with van der Waals surface area (Å²) < 4.78 is 54.9. The lowest BCUT2D eigenvalue weighted by Gasteiger charge is -2.13. The van der Waals surface area contributed by atoms with Crippen molar-refractivity contribution in [3.63, 3.8) is 0 Å². The molecule has 7 heteroatoms. The molecule has 0 bridgehead atoms. The van der Waals surface area contributed by atoms with Gasteiger partial charge in [-0.25, -0.2) is 22.2 Å². The van der Waals surface area contributed by atoms with Crippen LogP contribution >= 0.6 is 0 Å². The van der Waals surface area contributed by atoms with Crippen LogP contribution in [0.25, 0.3) is 22.2 Å². The van der Waals surface area contributed by atoms with Crippen LogP contribution in [-0.2, 0) is 10.0 Å². The molecule has 4 rings (SSSR count). The first-order valence-electron chi connectivity index (χ1n) is 8.78. The first kappa shape index (κ1) is 19.0. The highest BCUT2D eigenvalue weighted by atomic mass is 32.2. The lowest BCUT2D eigenvalue weighted by atomic mass is 10.1. The summed E-state index contributed by atoms with van der Waals surface area (Å²) >= 11 is 0. The molecule has 0 amide bonds. The minimum absolute atomic E-state index is 0.246. The minimum Gasteiger partial charge on any atom is -0.279 e. The molecular weight excluding hydrogens is 394 g/mol. The Labute approximate surface area is 166 Å². The molecule has 0 saturated carbocycles. The van der Waals surface area contributed by atoms with E-state index in [2.05, 4.69) is 9.71 Å². The number of sulfonamides is 1. The number of hydrogen-bond acceptors (Lipinski definition) is 3. The van der Waals surface area contributed by atoms with E-state index in [1.165, 1.54) is 0 Å². The van der Waals surface area contributed by atoms with Crippen LogP contribution < -0.4 is 4.72 Å². The standard InChI is InChI=1S/C22H16F2N2O2S/c1-14-6-9-19-15(12-14)7-10-20(25-19)17-4-2-3-5-21(17)26-29(27,28)22-11-8-16(23)13-18(22)24/h2-13,26H,1H3. The molecule has 1 heterocycles. The Morgan fingerprint density at radius 3 is 2.48 bits per heavy atom. The van der Waals surface area contributed by atoms with Crippen LogP contribution in [0.5, 0.6) is 0 Å². The van der Waals surface area contributed by atoms with E-state index in [1.54, 1.807) is 30.3 Å². The first-order chi connectivity index (χ1) is 13.8. The number of benzene rings is 3. The third kappa shape index (κ3) is 3.82. The molecule has 0 saturated heterocycles. The van der Waals surface area contributed by atoms with Crippen molar-refractivity contribution in [2.45, 2.75) is 11.8 Å². The van der Waals surface area contributed by atoms with Gasteiger partial charge in [0.05, 0.1) is 16.9 Å². The Bertz CT molecular complexity index is 1340. The predicted octanol–water partition coefficient (Wildman–Crippen LogP) is 5.29. The third-order valence-corrected chi connectivity index (χ3v) is 5.87. The number of fused-ring (bicyclic) bond motifs is 1. The average molecular weight is 410 g/mol. The zero-order chi connectivity index (χ0) is 20.6. The van der Waals surface area contributed by atoms with Gasteiger partial charge in [0.1, 0.15) is 16.5 Å². The number of aromatic nitrogens is 1. The fourth-order valence-corrected chi connectivity index (χ4v) is 4.22. The summed E-state index contributed by atoms with van der Waals surface area (Å²) in [5, 5.41) is 0.972. The SMILES string of the molecule is Cc1ccc2nc(-c3ccccc3NS(=O)(=O)c3ccc(F)cc3F)ccc2c1. The number of rotatable bonds is 4. The summed E-state index contributed by atoms with van der Waals surface area (Å²) in [4.78, 5) is 3.99. The first-order valence-corrected chi connectivity index (χ1v) is 10.3. The second kappa shape index (κ2) is 7.25. The van der Waals surface area contributed by atoms with Crippen molar-refractivity contribution < 1.29 is 17.2 Å². The van der Waals surface area contributed by atoms with E-state index in [0.717, 1.165) is 28.6 Å². The zero-order valence-corrected chi connectivity index (χ0v) is 16.2. The number of halogens is 2. The van der Waals surface area contributed by atoms with E-state index >= 15 is 0 Å². The van der Waals surface area contributed by atoms with Gasteiger partial charge >= 0.3 is 0 Å². The molecule has 0 aliphatic carbocycles. The molecule has 0 radical (unpaired) electrons. The summed E-state index contributed by atoms with van der Waals surface area (Å²) in [5.74, 6) is -2.01. The Morgan fingerprint density at radius 1 is 0.897 bits per heavy atom. The van der Waals surface area contributed by atoms with E-state index in [1.807, 2.05) is 31.2 Å². The highest BCUT2D eigenvalue weighted by Crippen LogP contribution is 2.30. The normalized spacial score (nSPS) is 11.6. The fourth-order valence-electron chi connectivity index (χ4n) is 3.08. The largest absolute Gasteiger partial charge is 0.279 e. The van der Waals surface area contributed by atoms with Gasteiger partial charge in [-0.1, -0.05) is 35.9 Å². The Kier molecular flexibility index (Phi) is 4.76. The van der Waals surface area contributed by atoms with Crippen LogP contribution in [0.4, 0.5) is 14.5 Å². The zero-order valence-electron chi connectivity index (χ0n) is 15.4. The molecule has 0 aliphatic rings. The second-order valence-corrected chi connectivity index (χ2v) is 8.27. The van der Waals surface area contributed by atoms with Crippen molar-refractivity contribution in [2.75, 3.05) is 4.72 Å². The maximum absolute atomic E-state index is 14.0. The van der Waals surface area contributed by atoms with E-state index in [4.69, 9.17) is 0 Å². The van der Waals surface area contributed by atoms with Crippen LogP contribution in [0.1, 0.15) is 5.56 Å². The van der Waals surface area contributed by atoms with Gasteiger partial charge < -0.3 is 0 Å². The van der Waals surface area contributed by atoms with Crippen molar-refractivity contribution in [1.82, 2.24) is 4.98 Å². The second-order valence-electron chi connectivity index (χ2n) is 6.62. The van der Waals surface area contributed by atoms with E-state index < -0.39 is 26.6 Å². The lowest BCUT2D eigenvalue weighted by molar-refractivity contribution is 0.551. The third-order valence-electron chi connectivity index (χ3n) is 4.48. The van der Waals surface area contributed by atoms with Gasteiger partial charge in [0.2, 0.25) is 0 Å². The van der Waals surface area contributed by atoms with E-state index in [0.29, 0.717) is 17.3 Å². The topological polar surface area (TPSA) is 59.1 Å². The van der Waals surface area contributed by atoms with Gasteiger partial charge in [0.25, 0.3) is 10.0 Å². The number of aryl methyl sites for hydroxylation is 1. The molecule has 0 atom stereocenters. The average Bonchev–Trinajstić information content (AvgIpc) is 2.67. The van der Waals surface area contributed by atoms with E-state index in [9.17, 15) is 17.2 Å². The molecule has 1 aromatic heterocycles. The van der Waals surface area contributed by atoms with Crippen LogP contribution in [0.2, 0.25) is 0 Å². The number of nitrogens with zero attached hydrogens (tertiary/aromatic N) is 1. The fraction of sp³-hybridized carbons (Fsp3) is 0.0455. The van der Waals surface area contributed by atoms with Gasteiger partial charge in [-0.2, -0.15) is 0 Å². The van der Waals surface area contributed by atoms with Gasteiger partial charge in [-0.15, -0.1) is 0 Å². The molecule has 0 aliphatic heterocycles. The van der Waals surface area contributed by atoms with Crippen LogP contribution in [-0.4, -0.2) is 13.4 Å². The molecule has 29 heavy (non-hydrogen) atoms. The number of para-hydroxylation sites is 1. The maximum atomic E-state index is 14.0. The number of hydrogen-bond donors (Lipinski definition) is 1. The van der Waals surface area contributed by atoms with Gasteiger partial charge in [0.15, 0.2) is 0 Å². The molecule has 0 spiro atoms. The highest BCUT2D eigenvalue weighted by molar-refractivity contribution is 7.92. The molecule has 3 aromatic carbocycles. The van der Waals surface area contributed by atoms with Crippen molar-refractivity contribution in [1.29, 1.82) is 0 Å². The molecule has 0 fully saturated rings. The molecule has 146 valence electrons. The molecule has 1 N–H and O–H groups in total. The minimum atomic E-state index is -4.26. The lowest BCUT2D eigenvalue weighted by Crippen LogP contribution is -2.15. The summed E-state index contributed by atoms with van der Waals surface area (Å²) in [6.45, 7) is 1.99. The van der Waals surface area contributed by atoms with Crippen LogP contribution in [0.15, 0.2) is 77.7 Å². The highest BCUT2D eigenvalue weighted by Gasteiger charge is 2.21. The van der Waals surface area contributed by atoms with Crippen LogP contribution in [0, 0.1) is 18.6 Å². The number of nitrogens with one attached hydrogen (secondary N) is 1. The summed E-state index contributed by atoms with van der Waals surface area (Å²) in [7, 11) is -4.26. The van der Waals surface area contributed by atoms with Gasteiger partial charge in [0, 0.05) is 17.0 Å². The van der Waals surface area contributed by atoms with E-state index in [-0.39, 0.29) is 5.69 Å². The number of anilines is 1. The Hall–Kier alpha value is -3.32. The quantitative estimate of drug-likeness (QED) is 0.497. The van der Waals surface area contributed by atoms with Gasteiger partial charge in [-0.05, 0) is 43.3 Å². The summed E-state index contributed by atoms with van der Waals surface area (Å²) in [6, 6.07) is 18.6. The predicted molar refractivity (Wildman–Crippen MR) is 109 cm³/mol. The van der Waals surface area contributed by atoms with Crippen molar-refractivity contribution >= 4 is 26.6 Å². The monoisotopic (exact) mass is 410 g/mol. The Balaban J connectivity index is 1.76. The number of pyridine rings is 1. The maximum Gasteiger partial charge on any atom is 0.264 e. The van der Waals surface area contributed by atoms with Crippen molar-refractivity contribution in [2.24, 2.45) is 0 Å². The van der Waals surface area contributed by atoms with Crippen molar-refractivity contribution in [3.8, 4) is 11.3 Å². The molecule has 4 aromatic rings. The molecule has 0 unspecified atom stereocenters. The van der Waals surface area contributed by atoms with Crippen molar-refractivity contribution in [3.05, 3.63) is 90.0 Å². The molecular formula is C22H16F2N2O2S.